The largest absolute Gasteiger partial charge is 0.426 e. The molecule has 2 fully saturated rings. The third-order valence-corrected chi connectivity index (χ3v) is 9.66. The molecule has 2 aromatic rings. The predicted molar refractivity (Wildman–Crippen MR) is 165 cm³/mol. The van der Waals surface area contributed by atoms with Crippen LogP contribution >= 0.6 is 0 Å². The van der Waals surface area contributed by atoms with E-state index >= 15 is 0 Å². The second-order valence-electron chi connectivity index (χ2n) is 12.8. The van der Waals surface area contributed by atoms with Crippen molar-refractivity contribution in [1.82, 2.24) is 9.97 Å². The number of unbranched alkanes of at least 4 members (excludes halogenated alkanes) is 7. The third kappa shape index (κ3) is 9.70. The Balaban J connectivity index is 1.16. The van der Waals surface area contributed by atoms with E-state index in [0.717, 1.165) is 48.9 Å². The first kappa shape index (κ1) is 30.7. The van der Waals surface area contributed by atoms with E-state index in [4.69, 9.17) is 14.7 Å². The molecule has 2 aliphatic rings. The number of rotatable bonds is 15. The van der Waals surface area contributed by atoms with Crippen LogP contribution in [0.5, 0.6) is 5.75 Å². The highest BCUT2D eigenvalue weighted by Gasteiger charge is 2.27. The van der Waals surface area contributed by atoms with Crippen LogP contribution in [0.15, 0.2) is 36.7 Å². The maximum Gasteiger partial charge on any atom is 0.314 e. The summed E-state index contributed by atoms with van der Waals surface area (Å²) >= 11 is 0. The van der Waals surface area contributed by atoms with Gasteiger partial charge < -0.3 is 4.74 Å². The summed E-state index contributed by atoms with van der Waals surface area (Å²) in [6.45, 7) is 4.53. The Labute approximate surface area is 244 Å². The van der Waals surface area contributed by atoms with Crippen LogP contribution in [0.1, 0.15) is 147 Å². The Bertz CT molecular complexity index is 971. The highest BCUT2D eigenvalue weighted by atomic mass is 16.5. The lowest BCUT2D eigenvalue weighted by Crippen LogP contribution is -2.25. The molecule has 2 aliphatic carbocycles. The summed E-state index contributed by atoms with van der Waals surface area (Å²) < 4.78 is 5.72. The van der Waals surface area contributed by atoms with Crippen molar-refractivity contribution in [2.75, 3.05) is 0 Å². The first-order valence-electron chi connectivity index (χ1n) is 16.8. The fourth-order valence-corrected chi connectivity index (χ4v) is 7.02. The zero-order valence-electron chi connectivity index (χ0n) is 25.4. The quantitative estimate of drug-likeness (QED) is 0.127. The molecular formula is C36H54N2O2. The molecule has 40 heavy (non-hydrogen) atoms. The molecule has 1 heterocycles. The van der Waals surface area contributed by atoms with Gasteiger partial charge in [-0.05, 0) is 98.9 Å². The van der Waals surface area contributed by atoms with Gasteiger partial charge in [-0.1, -0.05) is 84.5 Å². The summed E-state index contributed by atoms with van der Waals surface area (Å²) in [5.41, 5.74) is 2.24. The maximum atomic E-state index is 12.7. The maximum absolute atomic E-state index is 12.7. The smallest absolute Gasteiger partial charge is 0.314 e. The van der Waals surface area contributed by atoms with Crippen LogP contribution in [-0.4, -0.2) is 15.9 Å². The number of hydrogen-bond acceptors (Lipinski definition) is 4. The molecule has 0 spiro atoms. The summed E-state index contributed by atoms with van der Waals surface area (Å²) in [5, 5.41) is 0. The van der Waals surface area contributed by atoms with Gasteiger partial charge in [0.1, 0.15) is 5.75 Å². The fraction of sp³-hybridized carbons (Fsp3) is 0.694. The van der Waals surface area contributed by atoms with Gasteiger partial charge in [-0.25, -0.2) is 9.97 Å². The van der Waals surface area contributed by atoms with Crippen molar-refractivity contribution in [1.29, 1.82) is 0 Å². The molecule has 1 aromatic heterocycles. The summed E-state index contributed by atoms with van der Waals surface area (Å²) in [4.78, 5) is 22.1. The average Bonchev–Trinajstić information content (AvgIpc) is 3.00. The van der Waals surface area contributed by atoms with Crippen molar-refractivity contribution in [3.8, 4) is 17.1 Å². The lowest BCUT2D eigenvalue weighted by Gasteiger charge is -2.28. The Morgan fingerprint density at radius 3 is 1.90 bits per heavy atom. The van der Waals surface area contributed by atoms with Crippen molar-refractivity contribution in [2.24, 2.45) is 17.8 Å². The molecule has 4 nitrogen and oxygen atoms in total. The molecule has 220 valence electrons. The van der Waals surface area contributed by atoms with Gasteiger partial charge in [0.05, 0.1) is 5.92 Å². The molecule has 0 radical (unpaired) electrons. The van der Waals surface area contributed by atoms with Gasteiger partial charge in [-0.2, -0.15) is 0 Å². The van der Waals surface area contributed by atoms with Crippen LogP contribution in [0, 0.1) is 17.8 Å². The molecule has 0 saturated heterocycles. The van der Waals surface area contributed by atoms with Crippen LogP contribution < -0.4 is 4.74 Å². The average molecular weight is 547 g/mol. The molecular weight excluding hydrogens is 492 g/mol. The van der Waals surface area contributed by atoms with E-state index in [-0.39, 0.29) is 11.9 Å². The second-order valence-corrected chi connectivity index (χ2v) is 12.8. The molecule has 0 bridgehead atoms. The lowest BCUT2D eigenvalue weighted by atomic mass is 9.77. The van der Waals surface area contributed by atoms with E-state index < -0.39 is 0 Å². The summed E-state index contributed by atoms with van der Waals surface area (Å²) in [6, 6.07) is 7.68. The molecule has 0 atom stereocenters. The van der Waals surface area contributed by atoms with Gasteiger partial charge in [0.2, 0.25) is 0 Å². The number of esters is 1. The summed E-state index contributed by atoms with van der Waals surface area (Å²) in [6.07, 6.45) is 28.8. The molecule has 0 unspecified atom stereocenters. The normalized spacial score (nSPS) is 23.1. The van der Waals surface area contributed by atoms with Gasteiger partial charge in [0.25, 0.3) is 0 Å². The number of hydrogen-bond donors (Lipinski definition) is 0. The van der Waals surface area contributed by atoms with Gasteiger partial charge in [-0.15, -0.1) is 0 Å². The van der Waals surface area contributed by atoms with Gasteiger partial charge >= 0.3 is 5.97 Å². The minimum Gasteiger partial charge on any atom is -0.426 e. The zero-order valence-corrected chi connectivity index (χ0v) is 25.4. The third-order valence-electron chi connectivity index (χ3n) is 9.66. The molecule has 0 aliphatic heterocycles. The van der Waals surface area contributed by atoms with Crippen molar-refractivity contribution < 1.29 is 9.53 Å². The van der Waals surface area contributed by atoms with E-state index in [9.17, 15) is 4.79 Å². The minimum atomic E-state index is -0.0733. The fourth-order valence-electron chi connectivity index (χ4n) is 7.02. The van der Waals surface area contributed by atoms with E-state index in [1.807, 2.05) is 36.7 Å². The standard InChI is InChI=1S/C36H54N2O2/c1-3-5-6-7-8-9-10-11-13-29-14-18-30(19-15-29)33-26-37-35(38-27-33)31-22-24-34(25-23-31)40-36(39)32-20-16-28(12-4-2)17-21-32/h22-30,32H,3-21H2,1-2H3/t28-,29-,30-,32-. The molecule has 1 aromatic carbocycles. The van der Waals surface area contributed by atoms with Gasteiger partial charge in [0, 0.05) is 18.0 Å². The van der Waals surface area contributed by atoms with Crippen molar-refractivity contribution >= 4 is 5.97 Å². The number of carbonyl (C=O) groups excluding carboxylic acids is 1. The van der Waals surface area contributed by atoms with Crippen molar-refractivity contribution in [3.63, 3.8) is 0 Å². The highest BCUT2D eigenvalue weighted by Crippen LogP contribution is 2.38. The number of aromatic nitrogens is 2. The van der Waals surface area contributed by atoms with E-state index in [1.54, 1.807) is 0 Å². The van der Waals surface area contributed by atoms with Crippen LogP contribution in [0.2, 0.25) is 0 Å². The van der Waals surface area contributed by atoms with Crippen molar-refractivity contribution in [3.05, 3.63) is 42.2 Å². The topological polar surface area (TPSA) is 52.1 Å². The number of carbonyl (C=O) groups is 1. The van der Waals surface area contributed by atoms with Crippen LogP contribution in [0.4, 0.5) is 0 Å². The predicted octanol–water partition coefficient (Wildman–Crippen LogP) is 10.5. The van der Waals surface area contributed by atoms with E-state index in [2.05, 4.69) is 13.8 Å². The SMILES string of the molecule is CCCCCCCCCC[C@H]1CC[C@H](c2cnc(-c3ccc(OC(=O)[C@H]4CC[C@H](CCC)CC4)cc3)nc2)CC1. The van der Waals surface area contributed by atoms with Gasteiger partial charge in [-0.3, -0.25) is 4.79 Å². The van der Waals surface area contributed by atoms with E-state index in [1.165, 1.54) is 102 Å². The summed E-state index contributed by atoms with van der Waals surface area (Å²) in [5.74, 6) is 3.63. The zero-order chi connectivity index (χ0) is 28.0. The molecule has 4 heteroatoms. The second kappa shape index (κ2) is 16.9. The number of benzene rings is 1. The molecule has 2 saturated carbocycles. The van der Waals surface area contributed by atoms with Gasteiger partial charge in [0.15, 0.2) is 5.82 Å². The molecule has 0 amide bonds. The Hall–Kier alpha value is -2.23. The molecule has 0 N–H and O–H groups in total. The van der Waals surface area contributed by atoms with Crippen LogP contribution in [0.25, 0.3) is 11.4 Å². The first-order valence-corrected chi connectivity index (χ1v) is 16.8. The number of nitrogens with zero attached hydrogens (tertiary/aromatic N) is 2. The number of ether oxygens (including phenoxy) is 1. The summed E-state index contributed by atoms with van der Waals surface area (Å²) in [7, 11) is 0. The van der Waals surface area contributed by atoms with Crippen LogP contribution in [0.3, 0.4) is 0 Å². The molecule has 4 rings (SSSR count). The lowest BCUT2D eigenvalue weighted by molar-refractivity contribution is -0.140. The van der Waals surface area contributed by atoms with E-state index in [0.29, 0.717) is 11.7 Å². The highest BCUT2D eigenvalue weighted by molar-refractivity contribution is 5.75. The van der Waals surface area contributed by atoms with Crippen molar-refractivity contribution in [2.45, 2.75) is 142 Å². The minimum absolute atomic E-state index is 0.0452. The Morgan fingerprint density at radius 1 is 0.700 bits per heavy atom. The monoisotopic (exact) mass is 546 g/mol. The first-order chi connectivity index (χ1) is 19.7. The Morgan fingerprint density at radius 2 is 1.27 bits per heavy atom. The Kier molecular flexibility index (Phi) is 13.0. The van der Waals surface area contributed by atoms with Crippen LogP contribution in [-0.2, 0) is 4.79 Å².